The lowest BCUT2D eigenvalue weighted by Crippen LogP contribution is -2.34. The van der Waals surface area contributed by atoms with Crippen molar-refractivity contribution in [3.63, 3.8) is 0 Å². The van der Waals surface area contributed by atoms with Crippen LogP contribution in [-0.2, 0) is 17.6 Å². The van der Waals surface area contributed by atoms with E-state index < -0.39 is 0 Å². The van der Waals surface area contributed by atoms with Gasteiger partial charge in [0.2, 0.25) is 5.91 Å². The van der Waals surface area contributed by atoms with E-state index >= 15 is 0 Å². The molecule has 1 heterocycles. The zero-order valence-corrected chi connectivity index (χ0v) is 15.4. The van der Waals surface area contributed by atoms with E-state index in [1.807, 2.05) is 59.5 Å². The summed E-state index contributed by atoms with van der Waals surface area (Å²) < 4.78 is 0. The molecular formula is C23H24N2O. The van der Waals surface area contributed by atoms with Gasteiger partial charge in [-0.15, -0.1) is 0 Å². The van der Waals surface area contributed by atoms with E-state index in [9.17, 15) is 4.79 Å². The van der Waals surface area contributed by atoms with Crippen molar-refractivity contribution in [3.8, 4) is 0 Å². The Bertz CT molecular complexity index is 860. The highest BCUT2D eigenvalue weighted by Gasteiger charge is 2.17. The topological polar surface area (TPSA) is 33.2 Å². The number of carbonyl (C=O) groups excluding carboxylic acids is 1. The van der Waals surface area contributed by atoms with Crippen LogP contribution in [0.4, 0.5) is 5.69 Å². The number of aromatic nitrogens is 1. The molecule has 1 aromatic heterocycles. The quantitative estimate of drug-likeness (QED) is 0.659. The molecule has 0 spiro atoms. The van der Waals surface area contributed by atoms with Gasteiger partial charge >= 0.3 is 0 Å². The fourth-order valence-electron chi connectivity index (χ4n) is 2.93. The highest BCUT2D eigenvalue weighted by molar-refractivity contribution is 5.94. The number of amides is 1. The smallest absolute Gasteiger partial charge is 0.231 e. The maximum Gasteiger partial charge on any atom is 0.231 e. The Morgan fingerprint density at radius 1 is 0.923 bits per heavy atom. The van der Waals surface area contributed by atoms with Gasteiger partial charge in [-0.2, -0.15) is 0 Å². The molecule has 0 aliphatic heterocycles. The molecule has 3 aromatic rings. The molecule has 0 fully saturated rings. The lowest BCUT2D eigenvalue weighted by Gasteiger charge is -2.24. The van der Waals surface area contributed by atoms with E-state index in [2.05, 4.69) is 31.0 Å². The fourth-order valence-corrected chi connectivity index (χ4v) is 2.93. The Balaban J connectivity index is 1.82. The third kappa shape index (κ3) is 4.57. The van der Waals surface area contributed by atoms with Crippen LogP contribution in [-0.4, -0.2) is 17.4 Å². The average molecular weight is 344 g/mol. The minimum atomic E-state index is 0.107. The molecule has 1 amide bonds. The molecule has 0 aliphatic rings. The maximum absolute atomic E-state index is 13.0. The van der Waals surface area contributed by atoms with Gasteiger partial charge in [0.25, 0.3) is 0 Å². The average Bonchev–Trinajstić information content (AvgIpc) is 2.66. The van der Waals surface area contributed by atoms with Gasteiger partial charge in [-0.3, -0.25) is 9.78 Å². The van der Waals surface area contributed by atoms with Crippen LogP contribution in [0.1, 0.15) is 22.4 Å². The Hall–Kier alpha value is -2.94. The van der Waals surface area contributed by atoms with Gasteiger partial charge in [0.15, 0.2) is 0 Å². The monoisotopic (exact) mass is 344 g/mol. The molecule has 132 valence electrons. The standard InChI is InChI=1S/C23H24N2O/c1-18-11-12-22(16-19(18)2)25(15-13-21-10-6-7-14-24-21)23(26)17-20-8-4-3-5-9-20/h3-12,14,16H,13,15,17H2,1-2H3. The number of hydrogen-bond acceptors (Lipinski definition) is 2. The first kappa shape index (κ1) is 17.9. The molecule has 3 nitrogen and oxygen atoms in total. The molecule has 0 radical (unpaired) electrons. The predicted molar refractivity (Wildman–Crippen MR) is 106 cm³/mol. The summed E-state index contributed by atoms with van der Waals surface area (Å²) in [5.41, 5.74) is 5.40. The number of hydrogen-bond donors (Lipinski definition) is 0. The summed E-state index contributed by atoms with van der Waals surface area (Å²) in [5, 5.41) is 0. The van der Waals surface area contributed by atoms with Gasteiger partial charge in [-0.05, 0) is 54.8 Å². The summed E-state index contributed by atoms with van der Waals surface area (Å²) in [6, 6.07) is 22.0. The van der Waals surface area contributed by atoms with E-state index in [1.54, 1.807) is 6.20 Å². The summed E-state index contributed by atoms with van der Waals surface area (Å²) >= 11 is 0. The van der Waals surface area contributed by atoms with E-state index in [0.717, 1.165) is 23.4 Å². The fraction of sp³-hybridized carbons (Fsp3) is 0.217. The predicted octanol–water partition coefficient (Wildman–Crippen LogP) is 4.52. The lowest BCUT2D eigenvalue weighted by molar-refractivity contribution is -0.118. The molecule has 26 heavy (non-hydrogen) atoms. The Morgan fingerprint density at radius 3 is 2.38 bits per heavy atom. The first-order valence-corrected chi connectivity index (χ1v) is 8.95. The minimum absolute atomic E-state index is 0.107. The summed E-state index contributed by atoms with van der Waals surface area (Å²) in [7, 11) is 0. The van der Waals surface area contributed by atoms with E-state index in [0.29, 0.717) is 13.0 Å². The largest absolute Gasteiger partial charge is 0.312 e. The van der Waals surface area contributed by atoms with Crippen LogP contribution in [0.5, 0.6) is 0 Å². The van der Waals surface area contributed by atoms with Crippen molar-refractivity contribution in [1.82, 2.24) is 4.98 Å². The molecular weight excluding hydrogens is 320 g/mol. The number of nitrogens with zero attached hydrogens (tertiary/aromatic N) is 2. The Morgan fingerprint density at radius 2 is 1.69 bits per heavy atom. The van der Waals surface area contributed by atoms with Crippen LogP contribution in [0.2, 0.25) is 0 Å². The zero-order valence-electron chi connectivity index (χ0n) is 15.4. The van der Waals surface area contributed by atoms with Gasteiger partial charge in [-0.1, -0.05) is 42.5 Å². The van der Waals surface area contributed by atoms with Crippen molar-refractivity contribution >= 4 is 11.6 Å². The third-order valence-electron chi connectivity index (χ3n) is 4.62. The second kappa shape index (κ2) is 8.43. The van der Waals surface area contributed by atoms with Crippen molar-refractivity contribution < 1.29 is 4.79 Å². The van der Waals surface area contributed by atoms with Gasteiger partial charge in [0, 0.05) is 30.5 Å². The lowest BCUT2D eigenvalue weighted by atomic mass is 10.1. The molecule has 3 heteroatoms. The number of aryl methyl sites for hydroxylation is 2. The van der Waals surface area contributed by atoms with Crippen LogP contribution < -0.4 is 4.90 Å². The Kier molecular flexibility index (Phi) is 5.80. The van der Waals surface area contributed by atoms with Crippen molar-refractivity contribution in [1.29, 1.82) is 0 Å². The minimum Gasteiger partial charge on any atom is -0.312 e. The van der Waals surface area contributed by atoms with Gasteiger partial charge in [-0.25, -0.2) is 0 Å². The van der Waals surface area contributed by atoms with Gasteiger partial charge in [0.05, 0.1) is 6.42 Å². The Labute approximate surface area is 155 Å². The van der Waals surface area contributed by atoms with Crippen molar-refractivity contribution in [2.45, 2.75) is 26.7 Å². The van der Waals surface area contributed by atoms with Crippen molar-refractivity contribution in [2.75, 3.05) is 11.4 Å². The molecule has 0 saturated heterocycles. The number of benzene rings is 2. The highest BCUT2D eigenvalue weighted by atomic mass is 16.2. The second-order valence-corrected chi connectivity index (χ2v) is 6.55. The van der Waals surface area contributed by atoms with Crippen LogP contribution in [0.15, 0.2) is 72.9 Å². The molecule has 0 aliphatic carbocycles. The molecule has 0 bridgehead atoms. The normalized spacial score (nSPS) is 10.5. The first-order chi connectivity index (χ1) is 12.6. The van der Waals surface area contributed by atoms with E-state index in [-0.39, 0.29) is 5.91 Å². The number of pyridine rings is 1. The molecule has 0 saturated carbocycles. The van der Waals surface area contributed by atoms with E-state index in [4.69, 9.17) is 0 Å². The van der Waals surface area contributed by atoms with E-state index in [1.165, 1.54) is 11.1 Å². The van der Waals surface area contributed by atoms with Gasteiger partial charge < -0.3 is 4.90 Å². The molecule has 3 rings (SSSR count). The molecule has 2 aromatic carbocycles. The van der Waals surface area contributed by atoms with Crippen LogP contribution in [0.3, 0.4) is 0 Å². The summed E-state index contributed by atoms with van der Waals surface area (Å²) in [6.45, 7) is 4.78. The second-order valence-electron chi connectivity index (χ2n) is 6.55. The molecule has 0 atom stereocenters. The van der Waals surface area contributed by atoms with Crippen molar-refractivity contribution in [2.24, 2.45) is 0 Å². The summed E-state index contributed by atoms with van der Waals surface area (Å²) in [4.78, 5) is 19.3. The maximum atomic E-state index is 13.0. The summed E-state index contributed by atoms with van der Waals surface area (Å²) in [5.74, 6) is 0.107. The first-order valence-electron chi connectivity index (χ1n) is 8.95. The zero-order chi connectivity index (χ0) is 18.4. The number of rotatable bonds is 6. The molecule has 0 N–H and O–H groups in total. The van der Waals surface area contributed by atoms with Crippen LogP contribution in [0, 0.1) is 13.8 Å². The van der Waals surface area contributed by atoms with Gasteiger partial charge in [0.1, 0.15) is 0 Å². The summed E-state index contributed by atoms with van der Waals surface area (Å²) in [6.07, 6.45) is 2.92. The number of carbonyl (C=O) groups is 1. The number of anilines is 1. The molecule has 0 unspecified atom stereocenters. The van der Waals surface area contributed by atoms with Crippen molar-refractivity contribution in [3.05, 3.63) is 95.3 Å². The third-order valence-corrected chi connectivity index (χ3v) is 4.62. The highest BCUT2D eigenvalue weighted by Crippen LogP contribution is 2.20. The van der Waals surface area contributed by atoms with Crippen LogP contribution >= 0.6 is 0 Å². The SMILES string of the molecule is Cc1ccc(N(CCc2ccccn2)C(=O)Cc2ccccc2)cc1C. The van der Waals surface area contributed by atoms with Crippen LogP contribution in [0.25, 0.3) is 0 Å².